The van der Waals surface area contributed by atoms with Crippen molar-refractivity contribution in [3.8, 4) is 5.75 Å². The summed E-state index contributed by atoms with van der Waals surface area (Å²) in [4.78, 5) is 65.2. The number of hydrogen-bond donors (Lipinski definition) is 4. The molecule has 18 heteroatoms. The van der Waals surface area contributed by atoms with Gasteiger partial charge in [0, 0.05) is 56.4 Å². The van der Waals surface area contributed by atoms with Gasteiger partial charge in [0.15, 0.2) is 5.82 Å². The zero-order valence-corrected chi connectivity index (χ0v) is 35.6. The number of fused-ring (bicyclic) bond motifs is 1. The molecule has 5 aliphatic rings. The number of nitrogens with one attached hydrogen (secondary N) is 4. The van der Waals surface area contributed by atoms with Gasteiger partial charge in [-0.3, -0.25) is 24.5 Å². The summed E-state index contributed by atoms with van der Waals surface area (Å²) in [7, 11) is 2.77. The number of methoxy groups -OCH3 is 1. The van der Waals surface area contributed by atoms with Crippen molar-refractivity contribution >= 4 is 58.1 Å². The highest BCUT2D eigenvalue weighted by Crippen LogP contribution is 2.49. The number of piperidine rings is 3. The summed E-state index contributed by atoms with van der Waals surface area (Å²) in [6.07, 6.45) is 7.99. The van der Waals surface area contributed by atoms with Crippen molar-refractivity contribution in [1.82, 2.24) is 25.5 Å². The van der Waals surface area contributed by atoms with Gasteiger partial charge in [-0.2, -0.15) is 13.8 Å². The Morgan fingerprint density at radius 3 is 2.42 bits per heavy atom. The fourth-order valence-electron chi connectivity index (χ4n) is 9.65. The molecule has 4 fully saturated rings. The van der Waals surface area contributed by atoms with Gasteiger partial charge in [-0.05, 0) is 120 Å². The van der Waals surface area contributed by atoms with E-state index in [4.69, 9.17) is 4.74 Å². The molecule has 3 aromatic rings. The predicted octanol–water partition coefficient (Wildman–Crippen LogP) is 5.30. The van der Waals surface area contributed by atoms with E-state index >= 15 is 4.39 Å². The Morgan fingerprint density at radius 2 is 1.74 bits per heavy atom. The van der Waals surface area contributed by atoms with Crippen LogP contribution >= 0.6 is 0 Å². The molecule has 8 rings (SSSR count). The third-order valence-corrected chi connectivity index (χ3v) is 13.3. The number of hydrogen-bond acceptors (Lipinski definition) is 12. The van der Waals surface area contributed by atoms with Crippen molar-refractivity contribution in [2.24, 2.45) is 11.3 Å². The minimum Gasteiger partial charge on any atom is -0.495 e. The first-order valence-electron chi connectivity index (χ1n) is 21.5. The van der Waals surface area contributed by atoms with Crippen LogP contribution in [0.4, 0.5) is 47.7 Å². The molecule has 62 heavy (non-hydrogen) atoms. The fourth-order valence-corrected chi connectivity index (χ4v) is 9.65. The second-order valence-corrected chi connectivity index (χ2v) is 17.9. The van der Waals surface area contributed by atoms with Crippen LogP contribution in [0.1, 0.15) is 75.6 Å². The third kappa shape index (κ3) is 8.97. The molecule has 4 aliphatic heterocycles. The number of anilines is 6. The maximum absolute atomic E-state index is 15.2. The number of benzene rings is 2. The van der Waals surface area contributed by atoms with Gasteiger partial charge in [-0.25, -0.2) is 9.37 Å². The number of carbonyl (C=O) groups is 4. The molecule has 5 heterocycles. The molecule has 4 N–H and O–H groups in total. The summed E-state index contributed by atoms with van der Waals surface area (Å²) in [6.45, 7) is 7.31. The Kier molecular flexibility index (Phi) is 12.0. The molecule has 1 aliphatic carbocycles. The van der Waals surface area contributed by atoms with Gasteiger partial charge in [-0.15, -0.1) is 0 Å². The van der Waals surface area contributed by atoms with Crippen molar-refractivity contribution in [1.29, 1.82) is 0 Å². The van der Waals surface area contributed by atoms with Crippen LogP contribution in [0, 0.1) is 17.2 Å². The smallest absolute Gasteiger partial charge is 0.342 e. The van der Waals surface area contributed by atoms with E-state index in [0.717, 1.165) is 76.1 Å². The van der Waals surface area contributed by atoms with Crippen LogP contribution in [-0.4, -0.2) is 116 Å². The summed E-state index contributed by atoms with van der Waals surface area (Å²) < 4.78 is 50.4. The van der Waals surface area contributed by atoms with Crippen LogP contribution in [0.2, 0.25) is 0 Å². The van der Waals surface area contributed by atoms with Gasteiger partial charge in [0.25, 0.3) is 11.8 Å². The number of aromatic nitrogens is 2. The van der Waals surface area contributed by atoms with E-state index in [1.807, 2.05) is 0 Å². The number of likely N-dealkylation sites (tertiary alicyclic amines) is 1. The van der Waals surface area contributed by atoms with E-state index in [1.165, 1.54) is 31.3 Å². The molecule has 332 valence electrons. The van der Waals surface area contributed by atoms with Crippen molar-refractivity contribution in [2.45, 2.75) is 89.3 Å². The first kappa shape index (κ1) is 43.0. The maximum atomic E-state index is 15.2. The lowest BCUT2D eigenvalue weighted by molar-refractivity contribution is -0.140. The number of alkyl halides is 2. The first-order chi connectivity index (χ1) is 29.6. The third-order valence-electron chi connectivity index (χ3n) is 13.3. The summed E-state index contributed by atoms with van der Waals surface area (Å²) in [5.74, 6) is -4.89. The van der Waals surface area contributed by atoms with Crippen LogP contribution in [0.3, 0.4) is 0 Å². The van der Waals surface area contributed by atoms with Crippen molar-refractivity contribution in [3.63, 3.8) is 0 Å². The molecule has 0 radical (unpaired) electrons. The molecular formula is C44H55F3N10O5. The number of amides is 4. The second kappa shape index (κ2) is 17.3. The van der Waals surface area contributed by atoms with Crippen LogP contribution in [0.15, 0.2) is 42.6 Å². The molecule has 1 aromatic heterocycles. The minimum absolute atomic E-state index is 0.0825. The van der Waals surface area contributed by atoms with Crippen LogP contribution in [0.25, 0.3) is 0 Å². The lowest BCUT2D eigenvalue weighted by Crippen LogP contribution is -2.55. The van der Waals surface area contributed by atoms with Gasteiger partial charge in [0.1, 0.15) is 23.3 Å². The number of imide groups is 1. The largest absolute Gasteiger partial charge is 0.495 e. The normalized spacial score (nSPS) is 21.9. The molecule has 1 saturated carbocycles. The average Bonchev–Trinajstić information content (AvgIpc) is 3.30. The Hall–Kier alpha value is -5.65. The molecule has 15 nitrogen and oxygen atoms in total. The average molecular weight is 861 g/mol. The lowest BCUT2D eigenvalue weighted by Gasteiger charge is -2.52. The Bertz CT molecular complexity index is 2200. The highest BCUT2D eigenvalue weighted by Gasteiger charge is 2.48. The topological polar surface area (TPSA) is 164 Å². The van der Waals surface area contributed by atoms with E-state index in [0.29, 0.717) is 40.7 Å². The van der Waals surface area contributed by atoms with Gasteiger partial charge >= 0.3 is 5.92 Å². The molecular weight excluding hydrogens is 806 g/mol. The van der Waals surface area contributed by atoms with Crippen molar-refractivity contribution < 1.29 is 37.1 Å². The molecule has 4 amide bonds. The van der Waals surface area contributed by atoms with Gasteiger partial charge in [0.05, 0.1) is 31.2 Å². The van der Waals surface area contributed by atoms with Gasteiger partial charge in [0.2, 0.25) is 17.8 Å². The van der Waals surface area contributed by atoms with E-state index in [2.05, 4.69) is 41.0 Å². The number of ether oxygens (including phenoxy) is 1. The zero-order valence-electron chi connectivity index (χ0n) is 35.6. The number of carbonyl (C=O) groups excluding carboxylic acids is 4. The summed E-state index contributed by atoms with van der Waals surface area (Å²) in [5.41, 5.74) is 2.40. The number of nitrogens with zero attached hydrogens (tertiary/aromatic N) is 6. The predicted molar refractivity (Wildman–Crippen MR) is 229 cm³/mol. The van der Waals surface area contributed by atoms with E-state index in [1.54, 1.807) is 44.2 Å². The van der Waals surface area contributed by atoms with E-state index in [9.17, 15) is 28.0 Å². The highest BCUT2D eigenvalue weighted by atomic mass is 19.3. The summed E-state index contributed by atoms with van der Waals surface area (Å²) in [5, 5.41) is 11.7. The highest BCUT2D eigenvalue weighted by molar-refractivity contribution is 6.02. The number of rotatable bonds is 11. The van der Waals surface area contributed by atoms with E-state index in [-0.39, 0.29) is 64.9 Å². The second-order valence-electron chi connectivity index (χ2n) is 17.9. The summed E-state index contributed by atoms with van der Waals surface area (Å²) in [6, 6.07) is 9.15. The molecule has 1 spiro atoms. The Labute approximate surface area is 359 Å². The molecule has 1 unspecified atom stereocenters. The Morgan fingerprint density at radius 1 is 1.00 bits per heavy atom. The SMILES string of the molecule is COc1cc(C(=O)NC2CC3(CCN(CC4CCN(c5ccc(NC6CCC(=O)NC6=O)cc5F)CC4)CC3)C2)ccc1Nc1ncc2c(n1)N(C(C)C)CC(F)(F)C(=O)N2C. The lowest BCUT2D eigenvalue weighted by atomic mass is 9.60. The molecule has 3 saturated heterocycles. The molecule has 1 atom stereocenters. The van der Waals surface area contributed by atoms with Crippen LogP contribution < -0.4 is 40.7 Å². The quantitative estimate of drug-likeness (QED) is 0.184. The minimum atomic E-state index is -3.60. The maximum Gasteiger partial charge on any atom is 0.342 e. The van der Waals surface area contributed by atoms with Gasteiger partial charge < -0.3 is 40.3 Å². The van der Waals surface area contributed by atoms with E-state index < -0.39 is 24.4 Å². The first-order valence-corrected chi connectivity index (χ1v) is 21.5. The van der Waals surface area contributed by atoms with Gasteiger partial charge in [-0.1, -0.05) is 0 Å². The Balaban J connectivity index is 0.783. The van der Waals surface area contributed by atoms with Crippen LogP contribution in [0.5, 0.6) is 5.75 Å². The summed E-state index contributed by atoms with van der Waals surface area (Å²) >= 11 is 0. The van der Waals surface area contributed by atoms with Crippen LogP contribution in [-0.2, 0) is 14.4 Å². The standard InChI is InChI=1S/C44H55F3N10O5/c1-26(2)57-25-44(46,47)41(61)54(3)35-23-48-42(53-38(35)57)51-32-7-5-28(19-36(32)62-4)39(59)50-30-21-43(22-30)13-17-55(18-14-43)24-27-11-15-56(16-12-27)34-9-6-29(20-31(34)45)49-33-8-10-37(58)52-40(33)60/h5-7,9,19-20,23,26-27,30,33,49H,8,10-18,21-22,24-25H2,1-4H3,(H,50,59)(H,48,51,53)(H,52,58,60). The zero-order chi connectivity index (χ0) is 43.9. The molecule has 2 aromatic carbocycles. The van der Waals surface area contributed by atoms with Crippen molar-refractivity contribution in [3.05, 3.63) is 54.0 Å². The van der Waals surface area contributed by atoms with Crippen molar-refractivity contribution in [2.75, 3.05) is 78.8 Å². The molecule has 0 bridgehead atoms. The monoisotopic (exact) mass is 860 g/mol. The fraction of sp³-hybridized carbons (Fsp3) is 0.545. The number of halogens is 3.